The van der Waals surface area contributed by atoms with Crippen molar-refractivity contribution in [2.75, 3.05) is 6.26 Å². The van der Waals surface area contributed by atoms with E-state index >= 15 is 0 Å². The first kappa shape index (κ1) is 20.9. The molecule has 0 aliphatic carbocycles. The van der Waals surface area contributed by atoms with E-state index in [1.807, 2.05) is 56.3 Å². The number of amides is 1. The molecule has 0 aromatic heterocycles. The lowest BCUT2D eigenvalue weighted by Crippen LogP contribution is -2.39. The molecular weight excluding hydrogens is 386 g/mol. The van der Waals surface area contributed by atoms with Gasteiger partial charge in [0.2, 0.25) is 0 Å². The Morgan fingerprint density at radius 3 is 2.31 bits per heavy atom. The van der Waals surface area contributed by atoms with Crippen LogP contribution in [0.15, 0.2) is 71.6 Å². The van der Waals surface area contributed by atoms with Crippen LogP contribution in [0.3, 0.4) is 0 Å². The van der Waals surface area contributed by atoms with Crippen molar-refractivity contribution in [3.63, 3.8) is 0 Å². The first-order valence-electron chi connectivity index (χ1n) is 9.54. The summed E-state index contributed by atoms with van der Waals surface area (Å²) >= 11 is 0. The van der Waals surface area contributed by atoms with Gasteiger partial charge in [-0.2, -0.15) is 0 Å². The molecule has 1 N–H and O–H groups in total. The highest BCUT2D eigenvalue weighted by atomic mass is 32.2. The minimum atomic E-state index is -3.25. The number of ether oxygens (including phenoxy) is 1. The number of hydrogen-bond donors (Lipinski definition) is 1. The van der Waals surface area contributed by atoms with Gasteiger partial charge < -0.3 is 10.1 Å². The molecule has 1 amide bonds. The van der Waals surface area contributed by atoms with E-state index in [4.69, 9.17) is 4.74 Å². The van der Waals surface area contributed by atoms with Crippen LogP contribution in [0.25, 0.3) is 10.8 Å². The first-order valence-corrected chi connectivity index (χ1v) is 11.4. The normalized spacial score (nSPS) is 13.6. The number of sulfone groups is 1. The zero-order valence-electron chi connectivity index (χ0n) is 16.8. The molecule has 5 nitrogen and oxygen atoms in total. The van der Waals surface area contributed by atoms with Crippen molar-refractivity contribution in [1.82, 2.24) is 5.32 Å². The van der Waals surface area contributed by atoms with Gasteiger partial charge >= 0.3 is 0 Å². The largest absolute Gasteiger partial charge is 0.480 e. The Morgan fingerprint density at radius 1 is 1.00 bits per heavy atom. The van der Waals surface area contributed by atoms with Gasteiger partial charge in [0.25, 0.3) is 5.91 Å². The molecule has 29 heavy (non-hydrogen) atoms. The molecule has 152 valence electrons. The predicted octanol–water partition coefficient (Wildman–Crippen LogP) is 4.28. The van der Waals surface area contributed by atoms with Gasteiger partial charge in [0.05, 0.1) is 10.9 Å². The van der Waals surface area contributed by atoms with Crippen molar-refractivity contribution in [2.45, 2.75) is 37.3 Å². The summed E-state index contributed by atoms with van der Waals surface area (Å²) in [7, 11) is -3.25. The highest BCUT2D eigenvalue weighted by molar-refractivity contribution is 7.90. The molecule has 3 aromatic rings. The second-order valence-corrected chi connectivity index (χ2v) is 9.08. The Morgan fingerprint density at radius 2 is 1.66 bits per heavy atom. The summed E-state index contributed by atoms with van der Waals surface area (Å²) in [6, 6.07) is 19.9. The van der Waals surface area contributed by atoms with Crippen LogP contribution < -0.4 is 10.1 Å². The van der Waals surface area contributed by atoms with Crippen LogP contribution in [0.4, 0.5) is 0 Å². The lowest BCUT2D eigenvalue weighted by atomic mass is 10.1. The van der Waals surface area contributed by atoms with E-state index < -0.39 is 15.9 Å². The number of nitrogens with one attached hydrogen (secondary N) is 1. The fraction of sp³-hybridized carbons (Fsp3) is 0.261. The Balaban J connectivity index is 1.72. The molecule has 3 aromatic carbocycles. The smallest absolute Gasteiger partial charge is 0.261 e. The van der Waals surface area contributed by atoms with Gasteiger partial charge in [-0.1, -0.05) is 55.5 Å². The SMILES string of the molecule is CC[C@@H](Oc1cccc2ccccc12)C(=O)N[C@@H](C)c1ccc(S(C)(=O)=O)cc1. The molecule has 0 heterocycles. The van der Waals surface area contributed by atoms with Gasteiger partial charge in [-0.15, -0.1) is 0 Å². The van der Waals surface area contributed by atoms with Gasteiger partial charge in [-0.05, 0) is 42.5 Å². The Kier molecular flexibility index (Phi) is 6.23. The van der Waals surface area contributed by atoms with Crippen LogP contribution in [0.5, 0.6) is 5.75 Å². The lowest BCUT2D eigenvalue weighted by Gasteiger charge is -2.21. The Hall–Kier alpha value is -2.86. The second kappa shape index (κ2) is 8.66. The third kappa shape index (κ3) is 4.95. The van der Waals surface area contributed by atoms with Crippen molar-refractivity contribution in [1.29, 1.82) is 0 Å². The maximum atomic E-state index is 12.8. The average Bonchev–Trinajstić information content (AvgIpc) is 2.71. The Bertz CT molecular complexity index is 1100. The fourth-order valence-corrected chi connectivity index (χ4v) is 3.80. The predicted molar refractivity (Wildman–Crippen MR) is 115 cm³/mol. The number of benzene rings is 3. The minimum Gasteiger partial charge on any atom is -0.480 e. The first-order chi connectivity index (χ1) is 13.8. The summed E-state index contributed by atoms with van der Waals surface area (Å²) < 4.78 is 29.2. The summed E-state index contributed by atoms with van der Waals surface area (Å²) in [5, 5.41) is 4.98. The van der Waals surface area contributed by atoms with Crippen LogP contribution in [0.1, 0.15) is 31.9 Å². The topological polar surface area (TPSA) is 72.5 Å². The van der Waals surface area contributed by atoms with E-state index in [-0.39, 0.29) is 16.8 Å². The monoisotopic (exact) mass is 411 g/mol. The van der Waals surface area contributed by atoms with Crippen molar-refractivity contribution < 1.29 is 17.9 Å². The van der Waals surface area contributed by atoms with Gasteiger partial charge in [0.15, 0.2) is 15.9 Å². The molecular formula is C23H25NO4S. The zero-order chi connectivity index (χ0) is 21.0. The number of rotatable bonds is 7. The van der Waals surface area contributed by atoms with Crippen LogP contribution in [0, 0.1) is 0 Å². The van der Waals surface area contributed by atoms with E-state index in [0.717, 1.165) is 16.3 Å². The molecule has 0 radical (unpaired) electrons. The van der Waals surface area contributed by atoms with E-state index in [1.54, 1.807) is 24.3 Å². The summed E-state index contributed by atoms with van der Waals surface area (Å²) in [6.45, 7) is 3.76. The van der Waals surface area contributed by atoms with Gasteiger partial charge in [-0.25, -0.2) is 8.42 Å². The van der Waals surface area contributed by atoms with Crippen molar-refractivity contribution in [2.24, 2.45) is 0 Å². The molecule has 0 aliphatic rings. The molecule has 0 aliphatic heterocycles. The van der Waals surface area contributed by atoms with Gasteiger partial charge in [-0.3, -0.25) is 4.79 Å². The van der Waals surface area contributed by atoms with Crippen molar-refractivity contribution in [3.05, 3.63) is 72.3 Å². The highest BCUT2D eigenvalue weighted by Gasteiger charge is 2.21. The molecule has 0 saturated heterocycles. The maximum Gasteiger partial charge on any atom is 0.261 e. The van der Waals surface area contributed by atoms with Crippen molar-refractivity contribution >= 4 is 26.5 Å². The average molecular weight is 412 g/mol. The number of fused-ring (bicyclic) bond motifs is 1. The summed E-state index contributed by atoms with van der Waals surface area (Å²) in [4.78, 5) is 13.0. The molecule has 0 spiro atoms. The number of hydrogen-bond acceptors (Lipinski definition) is 4. The van der Waals surface area contributed by atoms with E-state index in [2.05, 4.69) is 5.32 Å². The minimum absolute atomic E-state index is 0.208. The van der Waals surface area contributed by atoms with Crippen LogP contribution in [-0.4, -0.2) is 26.7 Å². The van der Waals surface area contributed by atoms with E-state index in [0.29, 0.717) is 12.2 Å². The van der Waals surface area contributed by atoms with Crippen LogP contribution in [-0.2, 0) is 14.6 Å². The third-order valence-electron chi connectivity index (χ3n) is 4.85. The third-order valence-corrected chi connectivity index (χ3v) is 5.98. The van der Waals surface area contributed by atoms with Crippen LogP contribution in [0.2, 0.25) is 0 Å². The molecule has 6 heteroatoms. The molecule has 2 atom stereocenters. The lowest BCUT2D eigenvalue weighted by molar-refractivity contribution is -0.128. The van der Waals surface area contributed by atoms with E-state index in [9.17, 15) is 13.2 Å². The molecule has 0 unspecified atom stereocenters. The fourth-order valence-electron chi connectivity index (χ4n) is 3.17. The number of carbonyl (C=O) groups is 1. The summed E-state index contributed by atoms with van der Waals surface area (Å²) in [5.41, 5.74) is 0.825. The van der Waals surface area contributed by atoms with Crippen molar-refractivity contribution in [3.8, 4) is 5.75 Å². The van der Waals surface area contributed by atoms with Gasteiger partial charge in [0, 0.05) is 11.6 Å². The zero-order valence-corrected chi connectivity index (χ0v) is 17.6. The molecule has 0 saturated carbocycles. The van der Waals surface area contributed by atoms with Crippen LogP contribution >= 0.6 is 0 Å². The maximum absolute atomic E-state index is 12.8. The quantitative estimate of drug-likeness (QED) is 0.630. The Labute approximate surface area is 171 Å². The number of carbonyl (C=O) groups excluding carboxylic acids is 1. The highest BCUT2D eigenvalue weighted by Crippen LogP contribution is 2.27. The summed E-state index contributed by atoms with van der Waals surface area (Å²) in [6.07, 6.45) is 1.07. The van der Waals surface area contributed by atoms with Gasteiger partial charge in [0.1, 0.15) is 5.75 Å². The van der Waals surface area contributed by atoms with E-state index in [1.165, 1.54) is 6.26 Å². The summed E-state index contributed by atoms with van der Waals surface area (Å²) in [5.74, 6) is 0.468. The standard InChI is InChI=1S/C23H25NO4S/c1-4-21(28-22-11-7-9-18-8-5-6-10-20(18)22)23(25)24-16(2)17-12-14-19(15-13-17)29(3,26)27/h5-16,21H,4H2,1-3H3,(H,24,25)/t16-,21+/m0/s1. The molecule has 0 bridgehead atoms. The molecule has 3 rings (SSSR count). The molecule has 0 fully saturated rings. The second-order valence-electron chi connectivity index (χ2n) is 7.06.